The number of anilines is 1. The molecule has 6 nitrogen and oxygen atoms in total. The minimum absolute atomic E-state index is 0.303. The van der Waals surface area contributed by atoms with Crippen LogP contribution >= 0.6 is 0 Å². The van der Waals surface area contributed by atoms with Crippen molar-refractivity contribution in [2.45, 2.75) is 33.8 Å². The lowest BCUT2D eigenvalue weighted by Gasteiger charge is -2.14. The predicted octanol–water partition coefficient (Wildman–Crippen LogP) is 2.40. The highest BCUT2D eigenvalue weighted by Crippen LogP contribution is 2.18. The Morgan fingerprint density at radius 2 is 1.85 bits per heavy atom. The summed E-state index contributed by atoms with van der Waals surface area (Å²) in [6.07, 6.45) is -0.646. The average molecular weight is 275 g/mol. The minimum atomic E-state index is -0.646. The smallest absolute Gasteiger partial charge is 0.266 e. The molecule has 0 radical (unpaired) electrons. The Bertz CT molecular complexity index is 602. The monoisotopic (exact) mass is 275 g/mol. The lowest BCUT2D eigenvalue weighted by Crippen LogP contribution is -2.30. The van der Waals surface area contributed by atoms with Crippen LogP contribution in [-0.4, -0.2) is 22.3 Å². The van der Waals surface area contributed by atoms with Gasteiger partial charge in [0.25, 0.3) is 5.91 Å². The van der Waals surface area contributed by atoms with Gasteiger partial charge in [0.2, 0.25) is 0 Å². The van der Waals surface area contributed by atoms with E-state index in [0.717, 1.165) is 11.1 Å². The zero-order valence-corrected chi connectivity index (χ0v) is 11.9. The highest BCUT2D eigenvalue weighted by Gasteiger charge is 2.18. The first-order valence-electron chi connectivity index (χ1n) is 6.30. The number of ether oxygens (including phenoxy) is 1. The fourth-order valence-corrected chi connectivity index (χ4v) is 1.82. The SMILES string of the molecule is Cc1cc(C)cc(OC(C)C(=O)Nc2nonc2C)c1. The van der Waals surface area contributed by atoms with Gasteiger partial charge in [-0.1, -0.05) is 11.2 Å². The second kappa shape index (κ2) is 5.73. The molecule has 106 valence electrons. The van der Waals surface area contributed by atoms with E-state index in [0.29, 0.717) is 17.3 Å². The fraction of sp³-hybridized carbons (Fsp3) is 0.357. The molecule has 0 fully saturated rings. The van der Waals surface area contributed by atoms with E-state index < -0.39 is 6.10 Å². The van der Waals surface area contributed by atoms with Gasteiger partial charge in [-0.25, -0.2) is 4.63 Å². The molecule has 0 bridgehead atoms. The summed E-state index contributed by atoms with van der Waals surface area (Å²) < 4.78 is 10.2. The molecule has 2 aromatic rings. The average Bonchev–Trinajstić information content (AvgIpc) is 2.73. The van der Waals surface area contributed by atoms with E-state index in [1.165, 1.54) is 0 Å². The van der Waals surface area contributed by atoms with Gasteiger partial charge in [-0.15, -0.1) is 0 Å². The van der Waals surface area contributed by atoms with Gasteiger partial charge in [-0.05, 0) is 56.1 Å². The molecule has 0 aliphatic heterocycles. The zero-order valence-electron chi connectivity index (χ0n) is 11.9. The van der Waals surface area contributed by atoms with Crippen LogP contribution in [0.25, 0.3) is 0 Å². The van der Waals surface area contributed by atoms with Crippen molar-refractivity contribution in [1.29, 1.82) is 0 Å². The summed E-state index contributed by atoms with van der Waals surface area (Å²) in [5.74, 6) is 0.675. The number of aryl methyl sites for hydroxylation is 3. The highest BCUT2D eigenvalue weighted by atomic mass is 16.6. The van der Waals surface area contributed by atoms with Crippen molar-refractivity contribution in [3.05, 3.63) is 35.0 Å². The fourth-order valence-electron chi connectivity index (χ4n) is 1.82. The Kier molecular flexibility index (Phi) is 4.02. The van der Waals surface area contributed by atoms with Crippen LogP contribution in [0.4, 0.5) is 5.82 Å². The number of hydrogen-bond donors (Lipinski definition) is 1. The molecule has 1 unspecified atom stereocenters. The maximum atomic E-state index is 12.0. The summed E-state index contributed by atoms with van der Waals surface area (Å²) in [5, 5.41) is 9.80. The molecule has 0 saturated heterocycles. The Morgan fingerprint density at radius 1 is 1.20 bits per heavy atom. The number of nitrogens with zero attached hydrogens (tertiary/aromatic N) is 2. The molecule has 1 atom stereocenters. The number of rotatable bonds is 4. The first kappa shape index (κ1) is 14.0. The molecule has 0 aliphatic carbocycles. The molecule has 0 saturated carbocycles. The van der Waals surface area contributed by atoms with Crippen molar-refractivity contribution in [2.75, 3.05) is 5.32 Å². The quantitative estimate of drug-likeness (QED) is 0.927. The molecular formula is C14H17N3O3. The van der Waals surface area contributed by atoms with Crippen LogP contribution < -0.4 is 10.1 Å². The Morgan fingerprint density at radius 3 is 2.40 bits per heavy atom. The first-order chi connectivity index (χ1) is 9.45. The summed E-state index contributed by atoms with van der Waals surface area (Å²) in [6, 6.07) is 5.82. The maximum Gasteiger partial charge on any atom is 0.266 e. The van der Waals surface area contributed by atoms with Crippen LogP contribution in [0.15, 0.2) is 22.8 Å². The van der Waals surface area contributed by atoms with Gasteiger partial charge >= 0.3 is 0 Å². The third-order valence-corrected chi connectivity index (χ3v) is 2.77. The second-order valence-electron chi connectivity index (χ2n) is 4.77. The zero-order chi connectivity index (χ0) is 14.7. The molecule has 2 rings (SSSR count). The number of benzene rings is 1. The summed E-state index contributed by atoms with van der Waals surface area (Å²) >= 11 is 0. The van der Waals surface area contributed by atoms with Crippen molar-refractivity contribution >= 4 is 11.7 Å². The van der Waals surface area contributed by atoms with E-state index >= 15 is 0 Å². The third kappa shape index (κ3) is 3.34. The topological polar surface area (TPSA) is 77.2 Å². The van der Waals surface area contributed by atoms with E-state index in [1.54, 1.807) is 13.8 Å². The van der Waals surface area contributed by atoms with Gasteiger partial charge in [-0.3, -0.25) is 4.79 Å². The van der Waals surface area contributed by atoms with Crippen LogP contribution in [0, 0.1) is 20.8 Å². The van der Waals surface area contributed by atoms with Crippen LogP contribution in [-0.2, 0) is 4.79 Å². The van der Waals surface area contributed by atoms with Crippen LogP contribution in [0.2, 0.25) is 0 Å². The second-order valence-corrected chi connectivity index (χ2v) is 4.77. The molecular weight excluding hydrogens is 258 g/mol. The lowest BCUT2D eigenvalue weighted by atomic mass is 10.1. The summed E-state index contributed by atoms with van der Waals surface area (Å²) in [5.41, 5.74) is 2.70. The van der Waals surface area contributed by atoms with Crippen LogP contribution in [0.3, 0.4) is 0 Å². The summed E-state index contributed by atoms with van der Waals surface area (Å²) in [6.45, 7) is 7.33. The normalized spacial score (nSPS) is 12.0. The molecule has 20 heavy (non-hydrogen) atoms. The molecule has 0 aliphatic rings. The van der Waals surface area contributed by atoms with Crippen molar-refractivity contribution in [1.82, 2.24) is 10.3 Å². The summed E-state index contributed by atoms with van der Waals surface area (Å²) in [7, 11) is 0. The number of aromatic nitrogens is 2. The molecule has 1 heterocycles. The van der Waals surface area contributed by atoms with Crippen LogP contribution in [0.5, 0.6) is 5.75 Å². The number of hydrogen-bond acceptors (Lipinski definition) is 5. The highest BCUT2D eigenvalue weighted by molar-refractivity contribution is 5.93. The van der Waals surface area contributed by atoms with Gasteiger partial charge in [0.05, 0.1) is 0 Å². The van der Waals surface area contributed by atoms with E-state index in [2.05, 4.69) is 20.3 Å². The van der Waals surface area contributed by atoms with Crippen molar-refractivity contribution in [3.63, 3.8) is 0 Å². The lowest BCUT2D eigenvalue weighted by molar-refractivity contribution is -0.122. The first-order valence-corrected chi connectivity index (χ1v) is 6.30. The standard InChI is InChI=1S/C14H17N3O3/c1-8-5-9(2)7-12(6-8)19-11(4)14(18)15-13-10(3)16-20-17-13/h5-7,11H,1-4H3,(H,15,17,18). The van der Waals surface area contributed by atoms with Crippen molar-refractivity contribution in [2.24, 2.45) is 0 Å². The van der Waals surface area contributed by atoms with Gasteiger partial charge in [0.1, 0.15) is 11.4 Å². The van der Waals surface area contributed by atoms with E-state index in [9.17, 15) is 4.79 Å². The van der Waals surface area contributed by atoms with Gasteiger partial charge in [0.15, 0.2) is 11.9 Å². The number of amides is 1. The summed E-state index contributed by atoms with van der Waals surface area (Å²) in [4.78, 5) is 12.0. The van der Waals surface area contributed by atoms with Gasteiger partial charge in [-0.2, -0.15) is 0 Å². The molecule has 1 amide bonds. The molecule has 1 N–H and O–H groups in total. The number of carbonyl (C=O) groups excluding carboxylic acids is 1. The number of carbonyl (C=O) groups is 1. The largest absolute Gasteiger partial charge is 0.481 e. The van der Waals surface area contributed by atoms with Crippen molar-refractivity contribution < 1.29 is 14.2 Å². The Labute approximate surface area is 117 Å². The molecule has 1 aromatic heterocycles. The van der Waals surface area contributed by atoms with Gasteiger partial charge < -0.3 is 10.1 Å². The molecule has 0 spiro atoms. The Balaban J connectivity index is 2.02. The third-order valence-electron chi connectivity index (χ3n) is 2.77. The predicted molar refractivity (Wildman–Crippen MR) is 73.7 cm³/mol. The maximum absolute atomic E-state index is 12.0. The molecule has 1 aromatic carbocycles. The van der Waals surface area contributed by atoms with Crippen LogP contribution in [0.1, 0.15) is 23.7 Å². The Hall–Kier alpha value is -2.37. The van der Waals surface area contributed by atoms with E-state index in [-0.39, 0.29) is 5.91 Å². The minimum Gasteiger partial charge on any atom is -0.481 e. The van der Waals surface area contributed by atoms with E-state index in [4.69, 9.17) is 4.74 Å². The van der Waals surface area contributed by atoms with Gasteiger partial charge in [0, 0.05) is 0 Å². The van der Waals surface area contributed by atoms with Crippen molar-refractivity contribution in [3.8, 4) is 5.75 Å². The number of nitrogens with one attached hydrogen (secondary N) is 1. The van der Waals surface area contributed by atoms with E-state index in [1.807, 2.05) is 32.0 Å². The molecule has 6 heteroatoms.